The number of carbonyl (C=O) groups excluding carboxylic acids is 1. The van der Waals surface area contributed by atoms with Crippen LogP contribution in [0.2, 0.25) is 0 Å². The second-order valence-electron chi connectivity index (χ2n) is 5.12. The van der Waals surface area contributed by atoms with E-state index in [1.54, 1.807) is 11.0 Å². The van der Waals surface area contributed by atoms with E-state index in [1.165, 1.54) is 11.1 Å². The molecule has 0 fully saturated rings. The van der Waals surface area contributed by atoms with E-state index >= 15 is 0 Å². The number of carbonyl (C=O) groups is 1. The number of benzene rings is 2. The van der Waals surface area contributed by atoms with Gasteiger partial charge in [0.05, 0.1) is 11.0 Å². The fourth-order valence-electron chi connectivity index (χ4n) is 2.25. The normalized spacial score (nSPS) is 10.7. The van der Waals surface area contributed by atoms with Gasteiger partial charge in [0.15, 0.2) is 0 Å². The lowest BCUT2D eigenvalue weighted by Crippen LogP contribution is -2.22. The molecule has 21 heavy (non-hydrogen) atoms. The third-order valence-electron chi connectivity index (χ3n) is 3.46. The van der Waals surface area contributed by atoms with Gasteiger partial charge in [-0.15, -0.1) is 0 Å². The number of fused-ring (bicyclic) bond motifs is 1. The SMILES string of the molecule is Cc1ccc(CCC(=O)Nn2cnc3ccccc32)cc1. The smallest absolute Gasteiger partial charge is 0.239 e. The van der Waals surface area contributed by atoms with Crippen molar-refractivity contribution in [2.45, 2.75) is 19.8 Å². The molecular weight excluding hydrogens is 262 g/mol. The molecule has 0 atom stereocenters. The molecule has 1 N–H and O–H groups in total. The summed E-state index contributed by atoms with van der Waals surface area (Å²) < 4.78 is 1.67. The summed E-state index contributed by atoms with van der Waals surface area (Å²) in [5.74, 6) is -0.0151. The largest absolute Gasteiger partial charge is 0.273 e. The first-order valence-electron chi connectivity index (χ1n) is 7.00. The molecule has 0 saturated heterocycles. The molecule has 0 radical (unpaired) electrons. The van der Waals surface area contributed by atoms with E-state index in [4.69, 9.17) is 0 Å². The van der Waals surface area contributed by atoms with Crippen molar-refractivity contribution in [2.75, 3.05) is 5.43 Å². The highest BCUT2D eigenvalue weighted by molar-refractivity contribution is 5.86. The van der Waals surface area contributed by atoms with Gasteiger partial charge >= 0.3 is 0 Å². The summed E-state index contributed by atoms with van der Waals surface area (Å²) in [6.45, 7) is 2.06. The van der Waals surface area contributed by atoms with Crippen molar-refractivity contribution in [3.63, 3.8) is 0 Å². The number of para-hydroxylation sites is 2. The fraction of sp³-hybridized carbons (Fsp3) is 0.176. The molecule has 1 amide bonds. The van der Waals surface area contributed by atoms with E-state index in [9.17, 15) is 4.79 Å². The Labute approximate surface area is 123 Å². The minimum absolute atomic E-state index is 0.0151. The minimum atomic E-state index is -0.0151. The molecule has 3 rings (SSSR count). The van der Waals surface area contributed by atoms with Crippen molar-refractivity contribution in [3.05, 3.63) is 66.0 Å². The van der Waals surface area contributed by atoms with Crippen LogP contribution in [-0.4, -0.2) is 15.6 Å². The predicted octanol–water partition coefficient (Wildman–Crippen LogP) is 3.05. The lowest BCUT2D eigenvalue weighted by molar-refractivity contribution is -0.117. The van der Waals surface area contributed by atoms with Crippen LogP contribution in [0.3, 0.4) is 0 Å². The number of nitrogens with zero attached hydrogens (tertiary/aromatic N) is 2. The first-order valence-corrected chi connectivity index (χ1v) is 7.00. The zero-order valence-corrected chi connectivity index (χ0v) is 11.9. The second kappa shape index (κ2) is 5.79. The van der Waals surface area contributed by atoms with Crippen LogP contribution in [0.4, 0.5) is 0 Å². The molecule has 0 aliphatic rings. The molecule has 0 unspecified atom stereocenters. The van der Waals surface area contributed by atoms with Crippen LogP contribution in [0.15, 0.2) is 54.9 Å². The van der Waals surface area contributed by atoms with Gasteiger partial charge in [0.25, 0.3) is 0 Å². The zero-order chi connectivity index (χ0) is 14.7. The summed E-state index contributed by atoms with van der Waals surface area (Å²) >= 11 is 0. The van der Waals surface area contributed by atoms with Gasteiger partial charge in [0.1, 0.15) is 6.33 Å². The van der Waals surface area contributed by atoms with Gasteiger partial charge in [-0.2, -0.15) is 0 Å². The van der Waals surface area contributed by atoms with Gasteiger partial charge in [-0.05, 0) is 31.0 Å². The number of nitrogens with one attached hydrogen (secondary N) is 1. The Morgan fingerprint density at radius 2 is 1.90 bits per heavy atom. The standard InChI is InChI=1S/C17H17N3O/c1-13-6-8-14(9-7-13)10-11-17(21)19-20-12-18-15-4-2-3-5-16(15)20/h2-9,12H,10-11H2,1H3,(H,19,21). The first kappa shape index (κ1) is 13.4. The summed E-state index contributed by atoms with van der Waals surface area (Å²) in [6, 6.07) is 16.0. The lowest BCUT2D eigenvalue weighted by atomic mass is 10.1. The van der Waals surface area contributed by atoms with E-state index in [2.05, 4.69) is 41.6 Å². The summed E-state index contributed by atoms with van der Waals surface area (Å²) in [7, 11) is 0. The predicted molar refractivity (Wildman–Crippen MR) is 83.6 cm³/mol. The van der Waals surface area contributed by atoms with Gasteiger partial charge in [-0.1, -0.05) is 42.0 Å². The van der Waals surface area contributed by atoms with E-state index in [0.29, 0.717) is 6.42 Å². The highest BCUT2D eigenvalue weighted by Gasteiger charge is 2.06. The van der Waals surface area contributed by atoms with Crippen LogP contribution >= 0.6 is 0 Å². The number of imidazole rings is 1. The lowest BCUT2D eigenvalue weighted by Gasteiger charge is -2.07. The summed E-state index contributed by atoms with van der Waals surface area (Å²) in [6.07, 6.45) is 2.82. The second-order valence-corrected chi connectivity index (χ2v) is 5.12. The fourth-order valence-corrected chi connectivity index (χ4v) is 2.25. The van der Waals surface area contributed by atoms with Crippen LogP contribution in [0.25, 0.3) is 11.0 Å². The van der Waals surface area contributed by atoms with Gasteiger partial charge in [0, 0.05) is 6.42 Å². The third kappa shape index (κ3) is 3.11. The minimum Gasteiger partial charge on any atom is -0.273 e. The van der Waals surface area contributed by atoms with Crippen molar-refractivity contribution in [1.29, 1.82) is 0 Å². The Hall–Kier alpha value is -2.62. The summed E-state index contributed by atoms with van der Waals surface area (Å²) in [5, 5.41) is 0. The van der Waals surface area contributed by atoms with Crippen molar-refractivity contribution < 1.29 is 4.79 Å². The van der Waals surface area contributed by atoms with Gasteiger partial charge < -0.3 is 0 Å². The Morgan fingerprint density at radius 3 is 2.71 bits per heavy atom. The molecule has 0 bridgehead atoms. The maximum absolute atomic E-state index is 12.0. The average molecular weight is 279 g/mol. The average Bonchev–Trinajstić information content (AvgIpc) is 2.90. The molecule has 3 aromatic rings. The zero-order valence-electron chi connectivity index (χ0n) is 11.9. The highest BCUT2D eigenvalue weighted by atomic mass is 16.2. The monoisotopic (exact) mass is 279 g/mol. The van der Waals surface area contributed by atoms with E-state index in [-0.39, 0.29) is 5.91 Å². The van der Waals surface area contributed by atoms with E-state index in [1.807, 2.05) is 24.3 Å². The molecule has 1 aromatic heterocycles. The molecule has 0 spiro atoms. The topological polar surface area (TPSA) is 46.9 Å². The third-order valence-corrected chi connectivity index (χ3v) is 3.46. The number of hydrogen-bond acceptors (Lipinski definition) is 2. The molecule has 2 aromatic carbocycles. The van der Waals surface area contributed by atoms with Gasteiger partial charge in [-0.3, -0.25) is 10.2 Å². The molecule has 0 aliphatic heterocycles. The van der Waals surface area contributed by atoms with Crippen LogP contribution < -0.4 is 5.43 Å². The molecule has 4 heteroatoms. The summed E-state index contributed by atoms with van der Waals surface area (Å²) in [5.41, 5.74) is 7.04. The van der Waals surface area contributed by atoms with E-state index < -0.39 is 0 Å². The van der Waals surface area contributed by atoms with Crippen LogP contribution in [-0.2, 0) is 11.2 Å². The number of aromatic nitrogens is 2. The van der Waals surface area contributed by atoms with Crippen LogP contribution in [0.1, 0.15) is 17.5 Å². The molecular formula is C17H17N3O. The van der Waals surface area contributed by atoms with E-state index in [0.717, 1.165) is 17.5 Å². The number of rotatable bonds is 4. The molecule has 1 heterocycles. The Morgan fingerprint density at radius 1 is 1.14 bits per heavy atom. The van der Waals surface area contributed by atoms with Gasteiger partial charge in [-0.25, -0.2) is 9.66 Å². The maximum Gasteiger partial charge on any atom is 0.239 e. The first-order chi connectivity index (χ1) is 10.2. The van der Waals surface area contributed by atoms with Crippen LogP contribution in [0, 0.1) is 6.92 Å². The number of hydrogen-bond donors (Lipinski definition) is 1. The van der Waals surface area contributed by atoms with Crippen molar-refractivity contribution in [3.8, 4) is 0 Å². The quantitative estimate of drug-likeness (QED) is 0.798. The number of aryl methyl sites for hydroxylation is 2. The van der Waals surface area contributed by atoms with Crippen molar-refractivity contribution >= 4 is 16.9 Å². The highest BCUT2D eigenvalue weighted by Crippen LogP contribution is 2.10. The molecule has 0 saturated carbocycles. The van der Waals surface area contributed by atoms with Gasteiger partial charge in [0.2, 0.25) is 5.91 Å². The molecule has 4 nitrogen and oxygen atoms in total. The Kier molecular flexibility index (Phi) is 3.69. The Bertz CT molecular complexity index is 759. The molecule has 0 aliphatic carbocycles. The van der Waals surface area contributed by atoms with Crippen molar-refractivity contribution in [1.82, 2.24) is 9.66 Å². The maximum atomic E-state index is 12.0. The Balaban J connectivity index is 1.62. The number of amides is 1. The van der Waals surface area contributed by atoms with Crippen molar-refractivity contribution in [2.24, 2.45) is 0 Å². The van der Waals surface area contributed by atoms with Crippen LogP contribution in [0.5, 0.6) is 0 Å². The molecule has 106 valence electrons. The summed E-state index contributed by atoms with van der Waals surface area (Å²) in [4.78, 5) is 16.3.